The zero-order valence-corrected chi connectivity index (χ0v) is 21.6. The fourth-order valence-electron chi connectivity index (χ4n) is 3.39. The van der Waals surface area contributed by atoms with Crippen molar-refractivity contribution in [2.24, 2.45) is 4.99 Å². The van der Waals surface area contributed by atoms with Gasteiger partial charge in [-0.2, -0.15) is 4.99 Å². The van der Waals surface area contributed by atoms with Gasteiger partial charge in [0.1, 0.15) is 0 Å². The van der Waals surface area contributed by atoms with Crippen molar-refractivity contribution in [3.63, 3.8) is 0 Å². The monoisotopic (exact) mass is 509 g/mol. The van der Waals surface area contributed by atoms with Crippen molar-refractivity contribution in [2.75, 3.05) is 27.3 Å². The fraction of sp³-hybridized carbons (Fsp3) is 0.391. The van der Waals surface area contributed by atoms with Gasteiger partial charge in [-0.1, -0.05) is 36.3 Å². The molecule has 1 aromatic heterocycles. The van der Waals surface area contributed by atoms with Crippen LogP contribution in [0.15, 0.2) is 46.3 Å². The van der Waals surface area contributed by atoms with Crippen LogP contribution in [-0.4, -0.2) is 50.5 Å². The lowest BCUT2D eigenvalue weighted by Gasteiger charge is -2.16. The van der Waals surface area contributed by atoms with Gasteiger partial charge < -0.3 is 9.30 Å². The van der Waals surface area contributed by atoms with Gasteiger partial charge >= 0.3 is 0 Å². The van der Waals surface area contributed by atoms with Crippen LogP contribution < -0.4 is 4.80 Å². The van der Waals surface area contributed by atoms with Crippen LogP contribution in [0.4, 0.5) is 0 Å². The highest BCUT2D eigenvalue weighted by Crippen LogP contribution is 2.27. The van der Waals surface area contributed by atoms with Crippen molar-refractivity contribution in [3.05, 3.63) is 57.3 Å². The number of benzene rings is 2. The molecule has 3 rings (SSSR count). The van der Waals surface area contributed by atoms with Crippen LogP contribution in [0, 0.1) is 6.92 Å². The van der Waals surface area contributed by atoms with E-state index in [0.29, 0.717) is 35.1 Å². The Morgan fingerprint density at radius 1 is 1.21 bits per heavy atom. The highest BCUT2D eigenvalue weighted by molar-refractivity contribution is 7.89. The van der Waals surface area contributed by atoms with Crippen molar-refractivity contribution in [2.45, 2.75) is 38.1 Å². The quantitative estimate of drug-likeness (QED) is 0.426. The largest absolute Gasteiger partial charge is 0.383 e. The van der Waals surface area contributed by atoms with Crippen LogP contribution in [-0.2, 0) is 21.3 Å². The SMILES string of the molecule is CCCCN(C)S(=O)(=O)c1ccc(C(=O)N=c2sc3ccc(Cl)c(C)c3n2CCOC)cc1. The lowest BCUT2D eigenvalue weighted by atomic mass is 10.2. The van der Waals surface area contributed by atoms with Crippen LogP contribution in [0.2, 0.25) is 5.02 Å². The minimum atomic E-state index is -3.59. The summed E-state index contributed by atoms with van der Waals surface area (Å²) in [4.78, 5) is 17.9. The second kappa shape index (κ2) is 10.9. The molecule has 0 N–H and O–H groups in total. The number of methoxy groups -OCH3 is 1. The molecule has 2 aromatic carbocycles. The molecule has 0 atom stereocenters. The maximum absolute atomic E-state index is 12.9. The minimum Gasteiger partial charge on any atom is -0.383 e. The van der Waals surface area contributed by atoms with Crippen molar-refractivity contribution >= 4 is 49.1 Å². The van der Waals surface area contributed by atoms with Gasteiger partial charge in [0, 0.05) is 37.8 Å². The van der Waals surface area contributed by atoms with Gasteiger partial charge in [-0.3, -0.25) is 4.79 Å². The molecule has 0 unspecified atom stereocenters. The van der Waals surface area contributed by atoms with Crippen molar-refractivity contribution in [1.29, 1.82) is 0 Å². The molecule has 10 heteroatoms. The van der Waals surface area contributed by atoms with Crippen LogP contribution in [0.25, 0.3) is 10.2 Å². The Morgan fingerprint density at radius 2 is 1.91 bits per heavy atom. The van der Waals surface area contributed by atoms with E-state index in [1.165, 1.54) is 39.9 Å². The van der Waals surface area contributed by atoms with Gasteiger partial charge in [0.15, 0.2) is 4.80 Å². The highest BCUT2D eigenvalue weighted by Gasteiger charge is 2.20. The van der Waals surface area contributed by atoms with E-state index >= 15 is 0 Å². The van der Waals surface area contributed by atoms with Crippen LogP contribution in [0.3, 0.4) is 0 Å². The summed E-state index contributed by atoms with van der Waals surface area (Å²) >= 11 is 7.71. The predicted molar refractivity (Wildman–Crippen MR) is 132 cm³/mol. The summed E-state index contributed by atoms with van der Waals surface area (Å²) in [5, 5.41) is 0.644. The second-order valence-electron chi connectivity index (χ2n) is 7.67. The van der Waals surface area contributed by atoms with Gasteiger partial charge in [0.05, 0.1) is 21.7 Å². The molecule has 0 fully saturated rings. The standard InChI is InChI=1S/C23H28ClN3O4S2/c1-5-6-13-26(3)33(29,30)18-9-7-17(8-10-18)22(28)25-23-27(14-15-31-4)21-16(2)19(24)11-12-20(21)32-23/h7-12H,5-6,13-15H2,1-4H3. The molecule has 178 valence electrons. The van der Waals surface area contributed by atoms with E-state index in [1.807, 2.05) is 30.5 Å². The topological polar surface area (TPSA) is 81.0 Å². The van der Waals surface area contributed by atoms with Crippen molar-refractivity contribution in [1.82, 2.24) is 8.87 Å². The number of thiazole rings is 1. The second-order valence-corrected chi connectivity index (χ2v) is 11.1. The first-order chi connectivity index (χ1) is 15.7. The zero-order valence-electron chi connectivity index (χ0n) is 19.2. The third-order valence-electron chi connectivity index (χ3n) is 5.38. The van der Waals surface area contributed by atoms with Crippen LogP contribution in [0.1, 0.15) is 35.7 Å². The maximum atomic E-state index is 12.9. The van der Waals surface area contributed by atoms with E-state index in [9.17, 15) is 13.2 Å². The number of rotatable bonds is 9. The molecule has 0 saturated heterocycles. The summed E-state index contributed by atoms with van der Waals surface area (Å²) in [6.07, 6.45) is 1.69. The lowest BCUT2D eigenvalue weighted by molar-refractivity contribution is 0.0997. The van der Waals surface area contributed by atoms with Gasteiger partial charge in [-0.15, -0.1) is 0 Å². The van der Waals surface area contributed by atoms with Gasteiger partial charge in [-0.05, 0) is 55.3 Å². The number of aryl methyl sites for hydroxylation is 1. The van der Waals surface area contributed by atoms with E-state index < -0.39 is 15.9 Å². The molecule has 0 aliphatic rings. The first-order valence-corrected chi connectivity index (χ1v) is 13.3. The van der Waals surface area contributed by atoms with Gasteiger partial charge in [-0.25, -0.2) is 12.7 Å². The molecule has 0 aliphatic heterocycles. The highest BCUT2D eigenvalue weighted by atomic mass is 35.5. The Labute approximate surface area is 203 Å². The minimum absolute atomic E-state index is 0.153. The van der Waals surface area contributed by atoms with Gasteiger partial charge in [0.2, 0.25) is 10.0 Å². The first kappa shape index (κ1) is 25.6. The van der Waals surface area contributed by atoms with Crippen LogP contribution >= 0.6 is 22.9 Å². The Kier molecular flexibility index (Phi) is 8.47. The third-order valence-corrected chi connectivity index (χ3v) is 8.71. The molecule has 7 nitrogen and oxygen atoms in total. The summed E-state index contributed by atoms with van der Waals surface area (Å²) in [6.45, 7) is 5.37. The average Bonchev–Trinajstić information content (AvgIpc) is 3.15. The maximum Gasteiger partial charge on any atom is 0.279 e. The molecule has 33 heavy (non-hydrogen) atoms. The molecular formula is C23H28ClN3O4S2. The molecule has 0 spiro atoms. The van der Waals surface area contributed by atoms with Crippen molar-refractivity contribution < 1.29 is 17.9 Å². The Hall–Kier alpha value is -2.04. The molecule has 0 aliphatic carbocycles. The molecule has 0 saturated carbocycles. The molecule has 3 aromatic rings. The number of sulfonamides is 1. The Morgan fingerprint density at radius 3 is 2.55 bits per heavy atom. The number of aromatic nitrogens is 1. The number of hydrogen-bond donors (Lipinski definition) is 0. The molecule has 1 amide bonds. The smallest absolute Gasteiger partial charge is 0.279 e. The van der Waals surface area contributed by atoms with E-state index in [0.717, 1.165) is 28.6 Å². The summed E-state index contributed by atoms with van der Waals surface area (Å²) in [5.74, 6) is -0.445. The average molecular weight is 510 g/mol. The van der Waals surface area contributed by atoms with Gasteiger partial charge in [0.25, 0.3) is 5.91 Å². The number of halogens is 1. The van der Waals surface area contributed by atoms with E-state index in [1.54, 1.807) is 14.2 Å². The fourth-order valence-corrected chi connectivity index (χ4v) is 5.87. The number of amides is 1. The molecule has 1 heterocycles. The number of hydrogen-bond acceptors (Lipinski definition) is 5. The van der Waals surface area contributed by atoms with Crippen LogP contribution in [0.5, 0.6) is 0 Å². The third kappa shape index (κ3) is 5.55. The number of nitrogens with zero attached hydrogens (tertiary/aromatic N) is 3. The summed E-state index contributed by atoms with van der Waals surface area (Å²) in [7, 11) is -0.412. The van der Waals surface area contributed by atoms with Crippen molar-refractivity contribution in [3.8, 4) is 0 Å². The Bertz CT molecular complexity index is 1310. The summed E-state index contributed by atoms with van der Waals surface area (Å²) < 4.78 is 34.9. The summed E-state index contributed by atoms with van der Waals surface area (Å²) in [5.41, 5.74) is 2.15. The molecular weight excluding hydrogens is 482 g/mol. The van der Waals surface area contributed by atoms with E-state index in [-0.39, 0.29) is 4.90 Å². The zero-order chi connectivity index (χ0) is 24.2. The molecule has 0 bridgehead atoms. The summed E-state index contributed by atoms with van der Waals surface area (Å²) in [6, 6.07) is 9.65. The number of unbranched alkanes of at least 4 members (excludes halogenated alkanes) is 1. The number of ether oxygens (including phenoxy) is 1. The lowest BCUT2D eigenvalue weighted by Crippen LogP contribution is -2.27. The predicted octanol–water partition coefficient (Wildman–Crippen LogP) is 4.47. The Balaban J connectivity index is 1.96. The number of carbonyl (C=O) groups excluding carboxylic acids is 1. The van der Waals surface area contributed by atoms with E-state index in [4.69, 9.17) is 16.3 Å². The molecule has 0 radical (unpaired) electrons. The van der Waals surface area contributed by atoms with E-state index in [2.05, 4.69) is 4.99 Å². The first-order valence-electron chi connectivity index (χ1n) is 10.6. The number of carbonyl (C=O) groups is 1. The normalized spacial score (nSPS) is 12.7. The number of fused-ring (bicyclic) bond motifs is 1.